The third kappa shape index (κ3) is 2.36. The lowest BCUT2D eigenvalue weighted by molar-refractivity contribution is 0.466. The van der Waals surface area contributed by atoms with Crippen LogP contribution in [0.4, 0.5) is 5.69 Å². The number of thiocarbonyl (C=S) groups is 1. The van der Waals surface area contributed by atoms with Crippen molar-refractivity contribution in [3.8, 4) is 11.5 Å². The van der Waals surface area contributed by atoms with Crippen molar-refractivity contribution in [2.75, 3.05) is 6.26 Å². The third-order valence-electron chi connectivity index (χ3n) is 1.87. The van der Waals surface area contributed by atoms with Crippen molar-refractivity contribution < 1.29 is 4.42 Å². The van der Waals surface area contributed by atoms with Gasteiger partial charge in [-0.05, 0) is 42.7 Å². The Kier molecular flexibility index (Phi) is 3.46. The van der Waals surface area contributed by atoms with Gasteiger partial charge in [-0.25, -0.2) is 0 Å². The fourth-order valence-electron chi connectivity index (χ4n) is 1.14. The summed E-state index contributed by atoms with van der Waals surface area (Å²) >= 11 is 5.93. The first-order valence-corrected chi connectivity index (χ1v) is 6.02. The number of benzene rings is 1. The van der Waals surface area contributed by atoms with Crippen molar-refractivity contribution in [1.29, 1.82) is 0 Å². The molecule has 0 spiro atoms. The summed E-state index contributed by atoms with van der Waals surface area (Å²) in [5.41, 5.74) is 1.61. The van der Waals surface area contributed by atoms with E-state index in [-0.39, 0.29) is 0 Å². The minimum atomic E-state index is 0.502. The highest BCUT2D eigenvalue weighted by Gasteiger charge is 2.06. The molecule has 0 radical (unpaired) electrons. The predicted molar refractivity (Wildman–Crippen MR) is 66.2 cm³/mol. The minimum absolute atomic E-state index is 0.502. The SMILES string of the molecule is CSc1nnc(-c2ccc(N=C=S)cc2)o1. The molecule has 2 rings (SSSR count). The van der Waals surface area contributed by atoms with Crippen molar-refractivity contribution in [3.05, 3.63) is 24.3 Å². The molecular formula is C10H7N3OS2. The quantitative estimate of drug-likeness (QED) is 0.475. The zero-order valence-corrected chi connectivity index (χ0v) is 10.0. The van der Waals surface area contributed by atoms with E-state index in [1.54, 1.807) is 0 Å². The van der Waals surface area contributed by atoms with E-state index < -0.39 is 0 Å². The van der Waals surface area contributed by atoms with Crippen molar-refractivity contribution in [3.63, 3.8) is 0 Å². The van der Waals surface area contributed by atoms with Crippen LogP contribution in [0.15, 0.2) is 38.9 Å². The van der Waals surface area contributed by atoms with Crippen LogP contribution in [0.1, 0.15) is 0 Å². The largest absolute Gasteiger partial charge is 0.411 e. The van der Waals surface area contributed by atoms with Crippen LogP contribution < -0.4 is 0 Å². The highest BCUT2D eigenvalue weighted by atomic mass is 32.2. The van der Waals surface area contributed by atoms with Crippen LogP contribution in [-0.2, 0) is 0 Å². The number of nitrogens with zero attached hydrogens (tertiary/aromatic N) is 3. The van der Waals surface area contributed by atoms with Gasteiger partial charge in [0.1, 0.15) is 0 Å². The molecule has 0 saturated carbocycles. The molecule has 6 heteroatoms. The molecule has 80 valence electrons. The molecule has 0 fully saturated rings. The second-order valence-corrected chi connectivity index (χ2v) is 3.77. The minimum Gasteiger partial charge on any atom is -0.411 e. The molecule has 1 heterocycles. The lowest BCUT2D eigenvalue weighted by atomic mass is 10.2. The molecule has 4 nitrogen and oxygen atoms in total. The summed E-state index contributed by atoms with van der Waals surface area (Å²) < 4.78 is 5.39. The van der Waals surface area contributed by atoms with Crippen LogP contribution >= 0.6 is 24.0 Å². The van der Waals surface area contributed by atoms with E-state index in [9.17, 15) is 0 Å². The molecule has 0 aliphatic heterocycles. The zero-order chi connectivity index (χ0) is 11.4. The lowest BCUT2D eigenvalue weighted by Gasteiger charge is -1.94. The van der Waals surface area contributed by atoms with Gasteiger partial charge in [0, 0.05) is 5.56 Å². The summed E-state index contributed by atoms with van der Waals surface area (Å²) in [6, 6.07) is 7.33. The van der Waals surface area contributed by atoms with Crippen molar-refractivity contribution in [1.82, 2.24) is 10.2 Å². The summed E-state index contributed by atoms with van der Waals surface area (Å²) in [6.45, 7) is 0. The van der Waals surface area contributed by atoms with E-state index in [0.29, 0.717) is 11.1 Å². The van der Waals surface area contributed by atoms with E-state index in [1.807, 2.05) is 30.5 Å². The van der Waals surface area contributed by atoms with Gasteiger partial charge in [0.2, 0.25) is 5.89 Å². The summed E-state index contributed by atoms with van der Waals surface area (Å²) in [5.74, 6) is 0.502. The average Bonchev–Trinajstić information content (AvgIpc) is 2.79. The monoisotopic (exact) mass is 249 g/mol. The van der Waals surface area contributed by atoms with Gasteiger partial charge >= 0.3 is 0 Å². The maximum Gasteiger partial charge on any atom is 0.276 e. The maximum absolute atomic E-state index is 5.39. The molecule has 0 N–H and O–H groups in total. The first kappa shape index (κ1) is 11.0. The molecule has 1 aromatic heterocycles. The van der Waals surface area contributed by atoms with Crippen LogP contribution in [0, 0.1) is 0 Å². The van der Waals surface area contributed by atoms with Crippen LogP contribution in [0.25, 0.3) is 11.5 Å². The Morgan fingerprint density at radius 2 is 2.06 bits per heavy atom. The molecule has 0 aliphatic rings. The fourth-order valence-corrected chi connectivity index (χ4v) is 1.53. The Morgan fingerprint density at radius 1 is 1.31 bits per heavy atom. The van der Waals surface area contributed by atoms with E-state index >= 15 is 0 Å². The molecule has 0 atom stereocenters. The molecule has 0 saturated heterocycles. The average molecular weight is 249 g/mol. The van der Waals surface area contributed by atoms with Crippen molar-refractivity contribution in [2.24, 2.45) is 4.99 Å². The van der Waals surface area contributed by atoms with Crippen molar-refractivity contribution >= 4 is 34.8 Å². The maximum atomic E-state index is 5.39. The Bertz CT molecular complexity index is 529. The number of thioether (sulfide) groups is 1. The Hall–Kier alpha value is -1.49. The smallest absolute Gasteiger partial charge is 0.276 e. The van der Waals surface area contributed by atoms with Crippen LogP contribution in [0.3, 0.4) is 0 Å². The second kappa shape index (κ2) is 5.03. The van der Waals surface area contributed by atoms with Crippen LogP contribution in [-0.4, -0.2) is 21.6 Å². The van der Waals surface area contributed by atoms with Gasteiger partial charge in [-0.1, -0.05) is 11.8 Å². The first-order chi connectivity index (χ1) is 7.83. The predicted octanol–water partition coefficient (Wildman–Crippen LogP) is 3.19. The summed E-state index contributed by atoms with van der Waals surface area (Å²) in [4.78, 5) is 3.86. The third-order valence-corrected chi connectivity index (χ3v) is 2.48. The van der Waals surface area contributed by atoms with Gasteiger partial charge in [0.25, 0.3) is 5.22 Å². The number of hydrogen-bond acceptors (Lipinski definition) is 6. The molecule has 16 heavy (non-hydrogen) atoms. The number of aromatic nitrogens is 2. The van der Waals surface area contributed by atoms with Crippen molar-refractivity contribution in [2.45, 2.75) is 5.22 Å². The number of rotatable bonds is 3. The van der Waals surface area contributed by atoms with Gasteiger partial charge in [-0.3, -0.25) is 0 Å². The molecule has 0 aliphatic carbocycles. The lowest BCUT2D eigenvalue weighted by Crippen LogP contribution is -1.76. The van der Waals surface area contributed by atoms with Crippen LogP contribution in [0.2, 0.25) is 0 Å². The Labute approximate surface area is 102 Å². The normalized spacial score (nSPS) is 9.81. The second-order valence-electron chi connectivity index (χ2n) is 2.83. The van der Waals surface area contributed by atoms with Gasteiger partial charge in [0.05, 0.1) is 10.8 Å². The summed E-state index contributed by atoms with van der Waals surface area (Å²) in [7, 11) is 0. The zero-order valence-electron chi connectivity index (χ0n) is 8.38. The van der Waals surface area contributed by atoms with E-state index in [1.165, 1.54) is 11.8 Å². The van der Waals surface area contributed by atoms with E-state index in [0.717, 1.165) is 11.3 Å². The first-order valence-electron chi connectivity index (χ1n) is 4.39. The Balaban J connectivity index is 2.30. The highest BCUT2D eigenvalue weighted by molar-refractivity contribution is 7.98. The molecular weight excluding hydrogens is 242 g/mol. The fraction of sp³-hybridized carbons (Fsp3) is 0.100. The van der Waals surface area contributed by atoms with E-state index in [4.69, 9.17) is 4.42 Å². The number of aliphatic imine (C=N–C) groups is 1. The van der Waals surface area contributed by atoms with Gasteiger partial charge < -0.3 is 4.42 Å². The number of isothiocyanates is 1. The standard InChI is InChI=1S/C10H7N3OS2/c1-16-10-13-12-9(14-10)7-2-4-8(5-3-7)11-6-15/h2-5H,1H3. The number of hydrogen-bond donors (Lipinski definition) is 0. The van der Waals surface area contributed by atoms with Crippen LogP contribution in [0.5, 0.6) is 0 Å². The topological polar surface area (TPSA) is 51.3 Å². The molecule has 0 unspecified atom stereocenters. The molecule has 2 aromatic rings. The molecule has 1 aromatic carbocycles. The summed E-state index contributed by atoms with van der Waals surface area (Å²) in [6.07, 6.45) is 1.88. The highest BCUT2D eigenvalue weighted by Crippen LogP contribution is 2.23. The van der Waals surface area contributed by atoms with Gasteiger partial charge in [-0.15, -0.1) is 10.2 Å². The summed E-state index contributed by atoms with van der Waals surface area (Å²) in [5, 5.41) is 10.7. The van der Waals surface area contributed by atoms with Gasteiger partial charge in [-0.2, -0.15) is 4.99 Å². The Morgan fingerprint density at radius 3 is 2.62 bits per heavy atom. The van der Waals surface area contributed by atoms with Gasteiger partial charge in [0.15, 0.2) is 0 Å². The molecule has 0 amide bonds. The molecule has 0 bridgehead atoms. The van der Waals surface area contributed by atoms with E-state index in [2.05, 4.69) is 32.6 Å².